The molecule has 0 radical (unpaired) electrons. The van der Waals surface area contributed by atoms with E-state index in [1.165, 1.54) is 18.6 Å². The molecule has 2 atom stereocenters. The van der Waals surface area contributed by atoms with E-state index in [1.54, 1.807) is 19.1 Å². The zero-order chi connectivity index (χ0) is 13.8. The number of hydrogen-bond acceptors (Lipinski definition) is 2. The molecule has 0 spiro atoms. The van der Waals surface area contributed by atoms with Crippen LogP contribution in [0.1, 0.15) is 26.7 Å². The van der Waals surface area contributed by atoms with Crippen molar-refractivity contribution in [2.45, 2.75) is 32.8 Å². The number of nitrogens with zero attached hydrogens (tertiary/aromatic N) is 1. The van der Waals surface area contributed by atoms with Crippen LogP contribution in [0.2, 0.25) is 0 Å². The van der Waals surface area contributed by atoms with Crippen molar-refractivity contribution >= 4 is 5.91 Å². The second kappa shape index (κ2) is 6.04. The van der Waals surface area contributed by atoms with Crippen LogP contribution in [0, 0.1) is 11.7 Å². The summed E-state index contributed by atoms with van der Waals surface area (Å²) < 4.78 is 18.6. The van der Waals surface area contributed by atoms with Crippen molar-refractivity contribution in [3.05, 3.63) is 30.1 Å². The van der Waals surface area contributed by atoms with Crippen LogP contribution in [0.4, 0.5) is 4.39 Å². The minimum atomic E-state index is -0.577. The Kier molecular flexibility index (Phi) is 4.40. The normalized spacial score (nSPS) is 21.0. The first-order chi connectivity index (χ1) is 9.06. The highest BCUT2D eigenvalue weighted by Crippen LogP contribution is 2.18. The van der Waals surface area contributed by atoms with Gasteiger partial charge >= 0.3 is 0 Å². The number of benzene rings is 1. The van der Waals surface area contributed by atoms with Gasteiger partial charge in [-0.3, -0.25) is 4.79 Å². The standard InChI is InChI=1S/C15H20FNO2/c1-11-5-4-8-17(10-11)15(18)12(2)19-14-7-3-6-13(16)9-14/h3,6-7,9,11-12H,4-5,8,10H2,1-2H3. The molecule has 104 valence electrons. The number of amides is 1. The van der Waals surface area contributed by atoms with Crippen molar-refractivity contribution in [1.82, 2.24) is 4.90 Å². The van der Waals surface area contributed by atoms with E-state index in [2.05, 4.69) is 6.92 Å². The molecule has 4 heteroatoms. The zero-order valence-electron chi connectivity index (χ0n) is 11.4. The van der Waals surface area contributed by atoms with Gasteiger partial charge < -0.3 is 9.64 Å². The summed E-state index contributed by atoms with van der Waals surface area (Å²) in [6, 6.07) is 5.88. The predicted molar refractivity (Wildman–Crippen MR) is 71.5 cm³/mol. The maximum Gasteiger partial charge on any atom is 0.263 e. The van der Waals surface area contributed by atoms with Gasteiger partial charge in [0.2, 0.25) is 0 Å². The fraction of sp³-hybridized carbons (Fsp3) is 0.533. The highest BCUT2D eigenvalue weighted by molar-refractivity contribution is 5.81. The second-order valence-electron chi connectivity index (χ2n) is 5.25. The van der Waals surface area contributed by atoms with E-state index in [0.717, 1.165) is 19.5 Å². The molecule has 0 N–H and O–H groups in total. The number of rotatable bonds is 3. The summed E-state index contributed by atoms with van der Waals surface area (Å²) in [6.07, 6.45) is 1.63. The molecule has 1 aliphatic rings. The third-order valence-electron chi connectivity index (χ3n) is 3.43. The van der Waals surface area contributed by atoms with E-state index in [-0.39, 0.29) is 11.7 Å². The summed E-state index contributed by atoms with van der Waals surface area (Å²) in [7, 11) is 0. The fourth-order valence-electron chi connectivity index (χ4n) is 2.44. The highest BCUT2D eigenvalue weighted by atomic mass is 19.1. The summed E-state index contributed by atoms with van der Waals surface area (Å²) in [5, 5.41) is 0. The van der Waals surface area contributed by atoms with Crippen molar-refractivity contribution in [2.75, 3.05) is 13.1 Å². The summed E-state index contributed by atoms with van der Waals surface area (Å²) >= 11 is 0. The first kappa shape index (κ1) is 13.8. The maximum atomic E-state index is 13.0. The van der Waals surface area contributed by atoms with Gasteiger partial charge in [-0.25, -0.2) is 4.39 Å². The number of halogens is 1. The number of carbonyl (C=O) groups is 1. The van der Waals surface area contributed by atoms with E-state index < -0.39 is 6.10 Å². The van der Waals surface area contributed by atoms with E-state index in [1.807, 2.05) is 4.90 Å². The molecule has 3 nitrogen and oxygen atoms in total. The summed E-state index contributed by atoms with van der Waals surface area (Å²) in [4.78, 5) is 14.1. The van der Waals surface area contributed by atoms with E-state index >= 15 is 0 Å². The van der Waals surface area contributed by atoms with Crippen molar-refractivity contribution < 1.29 is 13.9 Å². The number of carbonyl (C=O) groups excluding carboxylic acids is 1. The molecule has 1 heterocycles. The van der Waals surface area contributed by atoms with Gasteiger partial charge in [0.05, 0.1) is 0 Å². The molecule has 2 unspecified atom stereocenters. The minimum absolute atomic E-state index is 0.0178. The van der Waals surface area contributed by atoms with Crippen LogP contribution in [0.15, 0.2) is 24.3 Å². The van der Waals surface area contributed by atoms with Crippen molar-refractivity contribution in [3.63, 3.8) is 0 Å². The van der Waals surface area contributed by atoms with Gasteiger partial charge in [0.1, 0.15) is 11.6 Å². The summed E-state index contributed by atoms with van der Waals surface area (Å²) in [5.74, 6) is 0.560. The van der Waals surface area contributed by atoms with Gasteiger partial charge in [0.25, 0.3) is 5.91 Å². The maximum absolute atomic E-state index is 13.0. The highest BCUT2D eigenvalue weighted by Gasteiger charge is 2.26. The van der Waals surface area contributed by atoms with Crippen molar-refractivity contribution in [2.24, 2.45) is 5.92 Å². The number of hydrogen-bond donors (Lipinski definition) is 0. The van der Waals surface area contributed by atoms with Crippen LogP contribution in [-0.2, 0) is 4.79 Å². The number of likely N-dealkylation sites (tertiary alicyclic amines) is 1. The van der Waals surface area contributed by atoms with Crippen LogP contribution in [0.3, 0.4) is 0 Å². The molecule has 1 aromatic carbocycles. The first-order valence-electron chi connectivity index (χ1n) is 6.77. The Morgan fingerprint density at radius 1 is 1.53 bits per heavy atom. The number of piperidine rings is 1. The van der Waals surface area contributed by atoms with E-state index in [9.17, 15) is 9.18 Å². The topological polar surface area (TPSA) is 29.5 Å². The Hall–Kier alpha value is -1.58. The van der Waals surface area contributed by atoms with E-state index in [4.69, 9.17) is 4.74 Å². The lowest BCUT2D eigenvalue weighted by Gasteiger charge is -2.32. The molecule has 19 heavy (non-hydrogen) atoms. The first-order valence-corrected chi connectivity index (χ1v) is 6.77. The zero-order valence-corrected chi connectivity index (χ0v) is 11.4. The number of ether oxygens (including phenoxy) is 1. The molecule has 1 saturated heterocycles. The van der Waals surface area contributed by atoms with Crippen LogP contribution in [0.25, 0.3) is 0 Å². The van der Waals surface area contributed by atoms with Crippen LogP contribution >= 0.6 is 0 Å². The van der Waals surface area contributed by atoms with Gasteiger partial charge in [0.15, 0.2) is 6.10 Å². The third kappa shape index (κ3) is 3.69. The van der Waals surface area contributed by atoms with Crippen molar-refractivity contribution in [3.8, 4) is 5.75 Å². The van der Waals surface area contributed by atoms with Crippen LogP contribution in [-0.4, -0.2) is 30.0 Å². The molecule has 1 aromatic rings. The Bertz CT molecular complexity index is 450. The summed E-state index contributed by atoms with van der Waals surface area (Å²) in [5.41, 5.74) is 0. The predicted octanol–water partition coefficient (Wildman–Crippen LogP) is 2.85. The molecule has 0 aliphatic carbocycles. The fourth-order valence-corrected chi connectivity index (χ4v) is 2.44. The van der Waals surface area contributed by atoms with Gasteiger partial charge in [-0.15, -0.1) is 0 Å². The Labute approximate surface area is 113 Å². The van der Waals surface area contributed by atoms with Gasteiger partial charge in [0, 0.05) is 19.2 Å². The quantitative estimate of drug-likeness (QED) is 0.841. The van der Waals surface area contributed by atoms with E-state index in [0.29, 0.717) is 11.7 Å². The van der Waals surface area contributed by atoms with Crippen molar-refractivity contribution in [1.29, 1.82) is 0 Å². The average Bonchev–Trinajstić information content (AvgIpc) is 2.38. The molecule has 1 amide bonds. The van der Waals surface area contributed by atoms with Crippen LogP contribution in [0.5, 0.6) is 5.75 Å². The molecule has 1 aliphatic heterocycles. The lowest BCUT2D eigenvalue weighted by Crippen LogP contribution is -2.45. The third-order valence-corrected chi connectivity index (χ3v) is 3.43. The smallest absolute Gasteiger partial charge is 0.263 e. The molecule has 1 fully saturated rings. The van der Waals surface area contributed by atoms with Gasteiger partial charge in [-0.2, -0.15) is 0 Å². The Morgan fingerprint density at radius 3 is 3.00 bits per heavy atom. The SMILES string of the molecule is CC1CCCN(C(=O)C(C)Oc2cccc(F)c2)C1. The van der Waals surface area contributed by atoms with Gasteiger partial charge in [-0.1, -0.05) is 13.0 Å². The Balaban J connectivity index is 1.95. The molecule has 2 rings (SSSR count). The monoisotopic (exact) mass is 265 g/mol. The lowest BCUT2D eigenvalue weighted by atomic mass is 10.00. The largest absolute Gasteiger partial charge is 0.481 e. The molecule has 0 saturated carbocycles. The Morgan fingerprint density at radius 2 is 2.32 bits per heavy atom. The average molecular weight is 265 g/mol. The molecule has 0 bridgehead atoms. The second-order valence-corrected chi connectivity index (χ2v) is 5.25. The van der Waals surface area contributed by atoms with Crippen LogP contribution < -0.4 is 4.74 Å². The lowest BCUT2D eigenvalue weighted by molar-refractivity contribution is -0.139. The van der Waals surface area contributed by atoms with Gasteiger partial charge in [-0.05, 0) is 37.8 Å². The molecular weight excluding hydrogens is 245 g/mol. The minimum Gasteiger partial charge on any atom is -0.481 e. The molecule has 0 aromatic heterocycles. The molecular formula is C15H20FNO2. The summed E-state index contributed by atoms with van der Waals surface area (Å²) in [6.45, 7) is 5.44.